The zero-order chi connectivity index (χ0) is 11.5. The van der Waals surface area contributed by atoms with Crippen molar-refractivity contribution in [1.82, 2.24) is 10.6 Å². The average molecular weight is 216 g/mol. The highest BCUT2D eigenvalue weighted by molar-refractivity contribution is 5.68. The minimum atomic E-state index is -0.536. The Morgan fingerprint density at radius 3 is 2.73 bits per heavy atom. The summed E-state index contributed by atoms with van der Waals surface area (Å²) < 4.78 is 5.11. The number of aliphatic hydroxyl groups excluding tert-OH is 1. The molecule has 0 aromatic rings. The molecule has 1 aliphatic heterocycles. The molecule has 88 valence electrons. The molecule has 0 aromatic carbocycles. The number of nitrogens with one attached hydrogen (secondary N) is 2. The summed E-state index contributed by atoms with van der Waals surface area (Å²) >= 11 is 0. The van der Waals surface area contributed by atoms with Crippen LogP contribution in [0.2, 0.25) is 0 Å². The molecule has 3 N–H and O–H groups in total. The third kappa shape index (κ3) is 4.48. The van der Waals surface area contributed by atoms with E-state index in [0.29, 0.717) is 6.54 Å². The van der Waals surface area contributed by atoms with E-state index >= 15 is 0 Å². The second-order valence-corrected chi connectivity index (χ2v) is 4.81. The van der Waals surface area contributed by atoms with Gasteiger partial charge in [0.25, 0.3) is 0 Å². The summed E-state index contributed by atoms with van der Waals surface area (Å²) in [5.41, 5.74) is -0.498. The standard InChI is InChI=1S/C10H20N2O3/c1-10(2,3)15-9(14)12-7-4-5-11-6-8(7)13/h7-8,11,13H,4-6H2,1-3H3,(H,12,14)/t7-,8?/m0/s1. The summed E-state index contributed by atoms with van der Waals surface area (Å²) in [6.07, 6.45) is -0.278. The number of hydrogen-bond acceptors (Lipinski definition) is 4. The fourth-order valence-electron chi connectivity index (χ4n) is 1.47. The molecular weight excluding hydrogens is 196 g/mol. The third-order valence-electron chi connectivity index (χ3n) is 2.15. The second kappa shape index (κ2) is 4.81. The third-order valence-corrected chi connectivity index (χ3v) is 2.15. The van der Waals surface area contributed by atoms with E-state index in [2.05, 4.69) is 10.6 Å². The molecule has 1 aliphatic rings. The van der Waals surface area contributed by atoms with Gasteiger partial charge in [-0.25, -0.2) is 4.79 Å². The fourth-order valence-corrected chi connectivity index (χ4v) is 1.47. The number of alkyl carbamates (subject to hydrolysis) is 1. The van der Waals surface area contributed by atoms with Crippen molar-refractivity contribution in [3.05, 3.63) is 0 Å². The molecule has 5 nitrogen and oxygen atoms in total. The van der Waals surface area contributed by atoms with E-state index in [1.165, 1.54) is 0 Å². The Hall–Kier alpha value is -0.810. The Kier molecular flexibility index (Phi) is 3.93. The van der Waals surface area contributed by atoms with Gasteiger partial charge in [-0.3, -0.25) is 0 Å². The fraction of sp³-hybridized carbons (Fsp3) is 0.900. The SMILES string of the molecule is CC(C)(C)OC(=O)N[C@H]1CCNCC1O. The van der Waals surface area contributed by atoms with Gasteiger partial charge in [-0.1, -0.05) is 0 Å². The van der Waals surface area contributed by atoms with Crippen molar-refractivity contribution in [3.8, 4) is 0 Å². The van der Waals surface area contributed by atoms with E-state index < -0.39 is 17.8 Å². The van der Waals surface area contributed by atoms with Gasteiger partial charge >= 0.3 is 6.09 Å². The van der Waals surface area contributed by atoms with Crippen molar-refractivity contribution < 1.29 is 14.6 Å². The summed E-state index contributed by atoms with van der Waals surface area (Å²) in [5.74, 6) is 0. The summed E-state index contributed by atoms with van der Waals surface area (Å²) in [6, 6.07) is -0.207. The Morgan fingerprint density at radius 1 is 1.53 bits per heavy atom. The van der Waals surface area contributed by atoms with Crippen molar-refractivity contribution in [2.24, 2.45) is 0 Å². The number of carbonyl (C=O) groups excluding carboxylic acids is 1. The number of ether oxygens (including phenoxy) is 1. The van der Waals surface area contributed by atoms with E-state index in [4.69, 9.17) is 4.74 Å². The van der Waals surface area contributed by atoms with Crippen LogP contribution in [-0.4, -0.2) is 42.0 Å². The van der Waals surface area contributed by atoms with Gasteiger partial charge in [-0.2, -0.15) is 0 Å². The maximum Gasteiger partial charge on any atom is 0.407 e. The van der Waals surface area contributed by atoms with E-state index in [9.17, 15) is 9.90 Å². The first-order chi connectivity index (χ1) is 6.88. The number of piperidine rings is 1. The van der Waals surface area contributed by atoms with Crippen LogP contribution in [0.3, 0.4) is 0 Å². The molecule has 0 radical (unpaired) electrons. The predicted octanol–water partition coefficient (Wildman–Crippen LogP) is 0.234. The lowest BCUT2D eigenvalue weighted by Crippen LogP contribution is -2.53. The van der Waals surface area contributed by atoms with Crippen molar-refractivity contribution in [1.29, 1.82) is 0 Å². The van der Waals surface area contributed by atoms with Gasteiger partial charge in [0.05, 0.1) is 12.1 Å². The van der Waals surface area contributed by atoms with E-state index in [1.807, 2.05) is 20.8 Å². The number of carbonyl (C=O) groups is 1. The highest BCUT2D eigenvalue weighted by Gasteiger charge is 2.26. The van der Waals surface area contributed by atoms with Crippen LogP contribution in [-0.2, 0) is 4.74 Å². The molecule has 0 aromatic heterocycles. The maximum atomic E-state index is 11.4. The van der Waals surface area contributed by atoms with Gasteiger partial charge in [0.15, 0.2) is 0 Å². The predicted molar refractivity (Wildman–Crippen MR) is 56.7 cm³/mol. The van der Waals surface area contributed by atoms with Crippen molar-refractivity contribution in [2.45, 2.75) is 44.9 Å². The molecule has 1 saturated heterocycles. The molecule has 1 amide bonds. The minimum Gasteiger partial charge on any atom is -0.444 e. The quantitative estimate of drug-likeness (QED) is 0.587. The van der Waals surface area contributed by atoms with Crippen LogP contribution >= 0.6 is 0 Å². The molecule has 1 fully saturated rings. The monoisotopic (exact) mass is 216 g/mol. The Labute approximate surface area is 90.2 Å². The van der Waals surface area contributed by atoms with Gasteiger partial charge in [-0.05, 0) is 33.7 Å². The van der Waals surface area contributed by atoms with Crippen molar-refractivity contribution in [2.75, 3.05) is 13.1 Å². The van der Waals surface area contributed by atoms with Crippen LogP contribution in [0.25, 0.3) is 0 Å². The van der Waals surface area contributed by atoms with Gasteiger partial charge in [0.2, 0.25) is 0 Å². The number of amides is 1. The summed E-state index contributed by atoms with van der Waals surface area (Å²) in [7, 11) is 0. The highest BCUT2D eigenvalue weighted by atomic mass is 16.6. The topological polar surface area (TPSA) is 70.6 Å². The largest absolute Gasteiger partial charge is 0.444 e. The number of β-amino-alcohol motifs (C(OH)–C–C–N with tert-alkyl or cyclic N) is 1. The van der Waals surface area contributed by atoms with E-state index in [0.717, 1.165) is 13.0 Å². The molecule has 2 atom stereocenters. The highest BCUT2D eigenvalue weighted by Crippen LogP contribution is 2.09. The summed E-state index contributed by atoms with van der Waals surface area (Å²) in [5, 5.41) is 15.3. The maximum absolute atomic E-state index is 11.4. The van der Waals surface area contributed by atoms with Gasteiger partial charge in [0, 0.05) is 6.54 Å². The number of aliphatic hydroxyl groups is 1. The minimum absolute atomic E-state index is 0.207. The van der Waals surface area contributed by atoms with E-state index in [1.54, 1.807) is 0 Å². The summed E-state index contributed by atoms with van der Waals surface area (Å²) in [6.45, 7) is 6.75. The normalized spacial score (nSPS) is 27.2. The average Bonchev–Trinajstić information content (AvgIpc) is 2.05. The van der Waals surface area contributed by atoms with Crippen LogP contribution in [0.5, 0.6) is 0 Å². The molecular formula is C10H20N2O3. The second-order valence-electron chi connectivity index (χ2n) is 4.81. The number of rotatable bonds is 1. The van der Waals surface area contributed by atoms with Crippen molar-refractivity contribution in [3.63, 3.8) is 0 Å². The van der Waals surface area contributed by atoms with Crippen LogP contribution < -0.4 is 10.6 Å². The van der Waals surface area contributed by atoms with Crippen molar-refractivity contribution >= 4 is 6.09 Å². The number of hydrogen-bond donors (Lipinski definition) is 3. The molecule has 1 rings (SSSR count). The van der Waals surface area contributed by atoms with Crippen LogP contribution in [0.1, 0.15) is 27.2 Å². The Bertz CT molecular complexity index is 225. The molecule has 1 heterocycles. The lowest BCUT2D eigenvalue weighted by Gasteiger charge is -2.30. The first-order valence-corrected chi connectivity index (χ1v) is 5.27. The molecule has 0 bridgehead atoms. The Balaban J connectivity index is 2.36. The molecule has 5 heteroatoms. The zero-order valence-corrected chi connectivity index (χ0v) is 9.54. The molecule has 0 aliphatic carbocycles. The Morgan fingerprint density at radius 2 is 2.20 bits per heavy atom. The smallest absolute Gasteiger partial charge is 0.407 e. The first kappa shape index (κ1) is 12.3. The molecule has 0 spiro atoms. The van der Waals surface area contributed by atoms with Crippen LogP contribution in [0.4, 0.5) is 4.79 Å². The molecule has 0 saturated carbocycles. The zero-order valence-electron chi connectivity index (χ0n) is 9.54. The van der Waals surface area contributed by atoms with Crippen LogP contribution in [0.15, 0.2) is 0 Å². The lowest BCUT2D eigenvalue weighted by atomic mass is 10.0. The molecule has 1 unspecified atom stereocenters. The lowest BCUT2D eigenvalue weighted by molar-refractivity contribution is 0.0386. The van der Waals surface area contributed by atoms with Gasteiger partial charge < -0.3 is 20.5 Å². The first-order valence-electron chi connectivity index (χ1n) is 5.27. The van der Waals surface area contributed by atoms with Crippen LogP contribution in [0, 0.1) is 0 Å². The summed E-state index contributed by atoms with van der Waals surface area (Å²) in [4.78, 5) is 11.4. The molecule has 15 heavy (non-hydrogen) atoms. The van der Waals surface area contributed by atoms with E-state index in [-0.39, 0.29) is 6.04 Å². The van der Waals surface area contributed by atoms with Gasteiger partial charge in [-0.15, -0.1) is 0 Å². The van der Waals surface area contributed by atoms with Gasteiger partial charge in [0.1, 0.15) is 5.60 Å².